The number of hydrogen-bond donors (Lipinski definition) is 0. The third kappa shape index (κ3) is 1.94. The normalized spacial score (nSPS) is 40.3. The van der Waals surface area contributed by atoms with Gasteiger partial charge in [-0.25, -0.2) is 4.79 Å². The minimum Gasteiger partial charge on any atom is -0.454 e. The molecule has 5 unspecified atom stereocenters. The summed E-state index contributed by atoms with van der Waals surface area (Å²) in [4.78, 5) is 26.7. The van der Waals surface area contributed by atoms with Crippen LogP contribution < -0.4 is 0 Å². The lowest BCUT2D eigenvalue weighted by Gasteiger charge is -2.37. The average molecular weight is 305 g/mol. The van der Waals surface area contributed by atoms with Gasteiger partial charge in [0, 0.05) is 11.6 Å². The van der Waals surface area contributed by atoms with Crippen molar-refractivity contribution in [2.45, 2.75) is 75.8 Å². The van der Waals surface area contributed by atoms with Crippen LogP contribution >= 0.6 is 0 Å². The summed E-state index contributed by atoms with van der Waals surface area (Å²) in [5.41, 5.74) is 0.396. The highest BCUT2D eigenvalue weighted by molar-refractivity contribution is 5.88. The van der Waals surface area contributed by atoms with Crippen LogP contribution in [0.25, 0.3) is 0 Å². The van der Waals surface area contributed by atoms with Crippen LogP contribution in [0.5, 0.6) is 0 Å². The van der Waals surface area contributed by atoms with Crippen molar-refractivity contribution < 1.29 is 19.1 Å². The molecule has 120 valence electrons. The predicted molar refractivity (Wildman–Crippen MR) is 79.0 cm³/mol. The highest BCUT2D eigenvalue weighted by Gasteiger charge is 2.67. The van der Waals surface area contributed by atoms with E-state index in [1.165, 1.54) is 19.3 Å². The van der Waals surface area contributed by atoms with Crippen LogP contribution in [0.1, 0.15) is 45.4 Å². The largest absolute Gasteiger partial charge is 0.454 e. The van der Waals surface area contributed by atoms with Crippen LogP contribution in [-0.4, -0.2) is 47.2 Å². The molecule has 0 aromatic rings. The Balaban J connectivity index is 1.59. The zero-order valence-electron chi connectivity index (χ0n) is 13.0. The summed E-state index contributed by atoms with van der Waals surface area (Å²) in [6.07, 6.45) is 5.90. The molecular weight excluding hydrogens is 282 g/mol. The standard InChI is InChI=1S/C17H23NO4/c1-9(2)17(20)22-15-12-8-11-14(21-12)13(15)18(16(11)19)10-6-4-3-5-7-10/h10-15H,1,3-8H2,2H3. The highest BCUT2D eigenvalue weighted by atomic mass is 16.6. The molecule has 1 saturated carbocycles. The van der Waals surface area contributed by atoms with E-state index in [9.17, 15) is 9.59 Å². The van der Waals surface area contributed by atoms with Crippen molar-refractivity contribution in [1.29, 1.82) is 0 Å². The summed E-state index contributed by atoms with van der Waals surface area (Å²) in [7, 11) is 0. The summed E-state index contributed by atoms with van der Waals surface area (Å²) in [6, 6.07) is 0.216. The fraction of sp³-hybridized carbons (Fsp3) is 0.765. The minimum absolute atomic E-state index is 0.0169. The topological polar surface area (TPSA) is 55.8 Å². The monoisotopic (exact) mass is 305 g/mol. The van der Waals surface area contributed by atoms with Crippen LogP contribution in [0.4, 0.5) is 0 Å². The zero-order valence-corrected chi connectivity index (χ0v) is 13.0. The van der Waals surface area contributed by atoms with Crippen molar-refractivity contribution in [1.82, 2.24) is 4.90 Å². The maximum absolute atomic E-state index is 12.8. The van der Waals surface area contributed by atoms with Crippen LogP contribution in [-0.2, 0) is 19.1 Å². The molecule has 4 fully saturated rings. The molecule has 1 aliphatic carbocycles. The van der Waals surface area contributed by atoms with E-state index in [4.69, 9.17) is 9.47 Å². The van der Waals surface area contributed by atoms with Gasteiger partial charge in [0.05, 0.1) is 24.2 Å². The van der Waals surface area contributed by atoms with Crippen LogP contribution in [0, 0.1) is 5.92 Å². The number of esters is 1. The summed E-state index contributed by atoms with van der Waals surface area (Å²) in [5, 5.41) is 0. The van der Waals surface area contributed by atoms with Gasteiger partial charge >= 0.3 is 5.97 Å². The number of amides is 1. The first kappa shape index (κ1) is 14.2. The quantitative estimate of drug-likeness (QED) is 0.589. The van der Waals surface area contributed by atoms with Gasteiger partial charge in [-0.05, 0) is 26.2 Å². The molecule has 5 atom stereocenters. The van der Waals surface area contributed by atoms with Gasteiger partial charge in [0.15, 0.2) is 6.10 Å². The molecule has 0 aromatic heterocycles. The maximum Gasteiger partial charge on any atom is 0.333 e. The van der Waals surface area contributed by atoms with Gasteiger partial charge in [0.25, 0.3) is 0 Å². The van der Waals surface area contributed by atoms with E-state index < -0.39 is 0 Å². The molecule has 22 heavy (non-hydrogen) atoms. The smallest absolute Gasteiger partial charge is 0.333 e. The molecule has 3 aliphatic heterocycles. The molecule has 2 bridgehead atoms. The molecule has 0 spiro atoms. The molecule has 5 nitrogen and oxygen atoms in total. The zero-order chi connectivity index (χ0) is 15.4. The Bertz CT molecular complexity index is 525. The summed E-state index contributed by atoms with van der Waals surface area (Å²) < 4.78 is 11.6. The molecule has 5 heteroatoms. The Labute approximate surface area is 130 Å². The predicted octanol–water partition coefficient (Wildman–Crippen LogP) is 1.81. The first-order valence-electron chi connectivity index (χ1n) is 8.42. The fourth-order valence-electron chi connectivity index (χ4n) is 4.72. The van der Waals surface area contributed by atoms with E-state index >= 15 is 0 Å². The number of carbonyl (C=O) groups is 2. The third-order valence-electron chi connectivity index (χ3n) is 5.71. The number of carbonyl (C=O) groups excluding carboxylic acids is 2. The average Bonchev–Trinajstić information content (AvgIpc) is 3.12. The van der Waals surface area contributed by atoms with Crippen molar-refractivity contribution in [3.63, 3.8) is 0 Å². The Hall–Kier alpha value is -1.36. The SMILES string of the molecule is C=C(C)C(=O)OC1C2CC3C(=O)N(C4CCCCC4)C1C3O2. The van der Waals surface area contributed by atoms with Crippen molar-refractivity contribution >= 4 is 11.9 Å². The Morgan fingerprint density at radius 2 is 2.05 bits per heavy atom. The third-order valence-corrected chi connectivity index (χ3v) is 5.71. The lowest BCUT2D eigenvalue weighted by Crippen LogP contribution is -2.51. The van der Waals surface area contributed by atoms with Crippen LogP contribution in [0.3, 0.4) is 0 Å². The molecule has 0 radical (unpaired) electrons. The molecule has 0 aromatic carbocycles. The Morgan fingerprint density at radius 1 is 1.32 bits per heavy atom. The van der Waals surface area contributed by atoms with Crippen molar-refractivity contribution in [2.24, 2.45) is 5.92 Å². The number of ether oxygens (including phenoxy) is 2. The van der Waals surface area contributed by atoms with E-state index in [0.29, 0.717) is 18.0 Å². The van der Waals surface area contributed by atoms with Crippen molar-refractivity contribution in [3.05, 3.63) is 12.2 Å². The molecule has 1 amide bonds. The second-order valence-electron chi connectivity index (χ2n) is 7.16. The van der Waals surface area contributed by atoms with Gasteiger partial charge < -0.3 is 14.4 Å². The molecule has 4 rings (SSSR count). The Kier molecular flexibility index (Phi) is 3.29. The fourth-order valence-corrected chi connectivity index (χ4v) is 4.72. The number of nitrogens with zero attached hydrogens (tertiary/aromatic N) is 1. The van der Waals surface area contributed by atoms with E-state index in [0.717, 1.165) is 12.8 Å². The second-order valence-corrected chi connectivity index (χ2v) is 7.16. The summed E-state index contributed by atoms with van der Waals surface area (Å²) >= 11 is 0. The molecular formula is C17H23NO4. The number of fused-ring (bicyclic) bond motifs is 1. The molecule has 3 saturated heterocycles. The first-order chi connectivity index (χ1) is 10.6. The lowest BCUT2D eigenvalue weighted by molar-refractivity contribution is -0.151. The van der Waals surface area contributed by atoms with E-state index in [1.54, 1.807) is 6.92 Å². The Morgan fingerprint density at radius 3 is 2.73 bits per heavy atom. The number of rotatable bonds is 3. The maximum atomic E-state index is 12.8. The number of hydrogen-bond acceptors (Lipinski definition) is 4. The van der Waals surface area contributed by atoms with Crippen LogP contribution in [0.15, 0.2) is 12.2 Å². The molecule has 4 aliphatic rings. The molecule has 0 N–H and O–H groups in total. The van der Waals surface area contributed by atoms with Crippen LogP contribution in [0.2, 0.25) is 0 Å². The highest BCUT2D eigenvalue weighted by Crippen LogP contribution is 2.50. The van der Waals surface area contributed by atoms with E-state index in [-0.39, 0.29) is 42.1 Å². The van der Waals surface area contributed by atoms with E-state index in [1.807, 2.05) is 4.90 Å². The van der Waals surface area contributed by atoms with Gasteiger partial charge in [0.2, 0.25) is 5.91 Å². The van der Waals surface area contributed by atoms with Gasteiger partial charge in [-0.1, -0.05) is 25.8 Å². The lowest BCUT2D eigenvalue weighted by atomic mass is 9.87. The van der Waals surface area contributed by atoms with Gasteiger partial charge in [-0.2, -0.15) is 0 Å². The van der Waals surface area contributed by atoms with Gasteiger partial charge in [-0.3, -0.25) is 4.79 Å². The number of likely N-dealkylation sites (tertiary alicyclic amines) is 1. The minimum atomic E-state index is -0.374. The van der Waals surface area contributed by atoms with Crippen molar-refractivity contribution in [2.75, 3.05) is 0 Å². The second kappa shape index (κ2) is 5.08. The summed E-state index contributed by atoms with van der Waals surface area (Å²) in [5.74, 6) is -0.171. The summed E-state index contributed by atoms with van der Waals surface area (Å²) in [6.45, 7) is 5.30. The molecule has 3 heterocycles. The first-order valence-corrected chi connectivity index (χ1v) is 8.42. The van der Waals surface area contributed by atoms with Gasteiger partial charge in [-0.15, -0.1) is 0 Å². The van der Waals surface area contributed by atoms with E-state index in [2.05, 4.69) is 6.58 Å². The van der Waals surface area contributed by atoms with Gasteiger partial charge in [0.1, 0.15) is 0 Å². The van der Waals surface area contributed by atoms with Crippen molar-refractivity contribution in [3.8, 4) is 0 Å².